The molecule has 1 amide bonds. The lowest BCUT2D eigenvalue weighted by molar-refractivity contribution is -0.116. The summed E-state index contributed by atoms with van der Waals surface area (Å²) >= 11 is 1.40. The van der Waals surface area contributed by atoms with Gasteiger partial charge in [0, 0.05) is 19.5 Å². The number of benzene rings is 1. The van der Waals surface area contributed by atoms with Gasteiger partial charge in [-0.2, -0.15) is 0 Å². The van der Waals surface area contributed by atoms with E-state index in [-0.39, 0.29) is 35.9 Å². The Morgan fingerprint density at radius 3 is 3.15 bits per heavy atom. The number of nitrogens with zero attached hydrogens (tertiary/aromatic N) is 2. The molecule has 1 aromatic carbocycles. The van der Waals surface area contributed by atoms with Gasteiger partial charge in [0.2, 0.25) is 5.91 Å². The third kappa shape index (κ3) is 3.13. The maximum atomic E-state index is 14.6. The van der Waals surface area contributed by atoms with E-state index in [0.717, 1.165) is 12.1 Å². The molecule has 26 heavy (non-hydrogen) atoms. The number of aryl methyl sites for hydroxylation is 1. The topological polar surface area (TPSA) is 76.0 Å². The predicted octanol–water partition coefficient (Wildman–Crippen LogP) is 2.27. The summed E-state index contributed by atoms with van der Waals surface area (Å²) < 4.78 is 16.0. The molecule has 0 bridgehead atoms. The van der Waals surface area contributed by atoms with Crippen molar-refractivity contribution in [2.75, 3.05) is 11.9 Å². The second-order valence-corrected chi connectivity index (χ2v) is 7.07. The van der Waals surface area contributed by atoms with E-state index in [1.807, 2.05) is 11.4 Å². The van der Waals surface area contributed by atoms with Crippen molar-refractivity contribution in [3.63, 3.8) is 0 Å². The molecule has 1 aliphatic heterocycles. The summed E-state index contributed by atoms with van der Waals surface area (Å²) in [7, 11) is 0. The number of carbonyl (C=O) groups is 1. The average molecular weight is 372 g/mol. The van der Waals surface area contributed by atoms with Crippen LogP contribution in [0.3, 0.4) is 0 Å². The molecule has 3 aromatic rings. The first kappa shape index (κ1) is 16.9. The fraction of sp³-hybridized carbons (Fsp3) is 0.278. The number of aromatic nitrogens is 2. The molecular formula is C18H17FN4O2S. The first-order valence-corrected chi connectivity index (χ1v) is 9.25. The van der Waals surface area contributed by atoms with Crippen LogP contribution in [0.5, 0.6) is 0 Å². The number of nitrogens with one attached hydrogen (secondary N) is 2. The molecule has 0 atom stereocenters. The van der Waals surface area contributed by atoms with E-state index in [2.05, 4.69) is 15.6 Å². The van der Waals surface area contributed by atoms with Crippen molar-refractivity contribution in [1.82, 2.24) is 14.9 Å². The van der Waals surface area contributed by atoms with Crippen molar-refractivity contribution in [3.8, 4) is 0 Å². The third-order valence-electron chi connectivity index (χ3n) is 4.51. The van der Waals surface area contributed by atoms with Gasteiger partial charge in [-0.3, -0.25) is 14.2 Å². The van der Waals surface area contributed by atoms with Crippen LogP contribution in [0.25, 0.3) is 10.2 Å². The molecule has 0 unspecified atom stereocenters. The molecule has 2 aromatic heterocycles. The Kier molecular flexibility index (Phi) is 4.52. The minimum absolute atomic E-state index is 0.0648. The van der Waals surface area contributed by atoms with Crippen LogP contribution in [0.1, 0.15) is 17.5 Å². The summed E-state index contributed by atoms with van der Waals surface area (Å²) in [5.74, 6) is -0.703. The van der Waals surface area contributed by atoms with Gasteiger partial charge in [0.15, 0.2) is 0 Å². The zero-order valence-corrected chi connectivity index (χ0v) is 14.7. The fourth-order valence-electron chi connectivity index (χ4n) is 3.12. The van der Waals surface area contributed by atoms with Crippen molar-refractivity contribution in [2.45, 2.75) is 25.9 Å². The van der Waals surface area contributed by atoms with E-state index in [1.54, 1.807) is 12.1 Å². The van der Waals surface area contributed by atoms with Gasteiger partial charge >= 0.3 is 0 Å². The summed E-state index contributed by atoms with van der Waals surface area (Å²) in [6, 6.07) is 5.15. The highest BCUT2D eigenvalue weighted by atomic mass is 32.1. The molecule has 8 heteroatoms. The number of anilines is 1. The maximum absolute atomic E-state index is 14.6. The van der Waals surface area contributed by atoms with Gasteiger partial charge in [0.25, 0.3) is 5.56 Å². The van der Waals surface area contributed by atoms with Crippen LogP contribution in [-0.2, 0) is 24.3 Å². The molecule has 1 aliphatic rings. The quantitative estimate of drug-likeness (QED) is 0.737. The predicted molar refractivity (Wildman–Crippen MR) is 98.9 cm³/mol. The molecule has 0 fully saturated rings. The number of carbonyl (C=O) groups excluding carboxylic acids is 1. The second-order valence-electron chi connectivity index (χ2n) is 6.17. The first-order valence-electron chi connectivity index (χ1n) is 8.37. The van der Waals surface area contributed by atoms with Crippen LogP contribution in [0.2, 0.25) is 0 Å². The smallest absolute Gasteiger partial charge is 0.262 e. The Bertz CT molecular complexity index is 1040. The number of hydrogen-bond acceptors (Lipinski definition) is 5. The van der Waals surface area contributed by atoms with Crippen molar-refractivity contribution in [1.29, 1.82) is 0 Å². The lowest BCUT2D eigenvalue weighted by atomic mass is 9.99. The van der Waals surface area contributed by atoms with E-state index >= 15 is 0 Å². The largest absolute Gasteiger partial charge is 0.324 e. The van der Waals surface area contributed by atoms with Gasteiger partial charge in [0.1, 0.15) is 10.6 Å². The number of rotatable bonds is 4. The standard InChI is InChI=1S/C18H17FN4O2S/c19-16-12-3-6-20-9-11(12)1-2-14(16)22-15(24)4-7-23-10-21-17-13(18(23)25)5-8-26-17/h1-2,5,8,10,20H,3-4,6-7,9H2,(H,22,24). The summed E-state index contributed by atoms with van der Waals surface area (Å²) in [6.45, 7) is 1.56. The first-order chi connectivity index (χ1) is 12.6. The lowest BCUT2D eigenvalue weighted by Crippen LogP contribution is -2.26. The van der Waals surface area contributed by atoms with Gasteiger partial charge in [-0.05, 0) is 41.6 Å². The molecule has 0 saturated heterocycles. The Morgan fingerprint density at radius 2 is 2.27 bits per heavy atom. The Labute approximate surface area is 152 Å². The van der Waals surface area contributed by atoms with Crippen molar-refractivity contribution in [3.05, 3.63) is 57.2 Å². The van der Waals surface area contributed by atoms with Gasteiger partial charge in [-0.15, -0.1) is 11.3 Å². The highest BCUT2D eigenvalue weighted by Gasteiger charge is 2.17. The summed E-state index contributed by atoms with van der Waals surface area (Å²) in [5.41, 5.74) is 1.60. The summed E-state index contributed by atoms with van der Waals surface area (Å²) in [6.07, 6.45) is 2.11. The lowest BCUT2D eigenvalue weighted by Gasteiger charge is -2.19. The molecule has 2 N–H and O–H groups in total. The van der Waals surface area contributed by atoms with E-state index in [1.165, 1.54) is 22.2 Å². The molecule has 3 heterocycles. The fourth-order valence-corrected chi connectivity index (χ4v) is 3.84. The molecule has 0 saturated carbocycles. The second kappa shape index (κ2) is 6.97. The van der Waals surface area contributed by atoms with Gasteiger partial charge in [-0.25, -0.2) is 9.37 Å². The summed E-state index contributed by atoms with van der Waals surface area (Å²) in [5, 5.41) is 8.16. The Morgan fingerprint density at radius 1 is 1.38 bits per heavy atom. The molecule has 0 aliphatic carbocycles. The van der Waals surface area contributed by atoms with Crippen molar-refractivity contribution in [2.24, 2.45) is 0 Å². The number of amides is 1. The molecular weight excluding hydrogens is 355 g/mol. The Balaban J connectivity index is 1.45. The SMILES string of the molecule is O=C(CCn1cnc2sccc2c1=O)Nc1ccc2c(c1F)CCNC2. The molecule has 0 spiro atoms. The van der Waals surface area contributed by atoms with E-state index < -0.39 is 0 Å². The molecule has 134 valence electrons. The minimum Gasteiger partial charge on any atom is -0.324 e. The zero-order valence-electron chi connectivity index (χ0n) is 13.9. The number of thiophene rings is 1. The number of hydrogen-bond donors (Lipinski definition) is 2. The van der Waals surface area contributed by atoms with E-state index in [9.17, 15) is 14.0 Å². The number of fused-ring (bicyclic) bond motifs is 2. The molecule has 0 radical (unpaired) electrons. The normalized spacial score (nSPS) is 13.6. The van der Waals surface area contributed by atoms with Crippen LogP contribution in [0, 0.1) is 5.82 Å². The van der Waals surface area contributed by atoms with E-state index in [0.29, 0.717) is 28.7 Å². The highest BCUT2D eigenvalue weighted by molar-refractivity contribution is 7.16. The van der Waals surface area contributed by atoms with Gasteiger partial charge in [-0.1, -0.05) is 6.07 Å². The van der Waals surface area contributed by atoms with Gasteiger partial charge < -0.3 is 10.6 Å². The third-order valence-corrected chi connectivity index (χ3v) is 5.33. The molecule has 4 rings (SSSR count). The van der Waals surface area contributed by atoms with Crippen molar-refractivity contribution >= 4 is 33.1 Å². The summed E-state index contributed by atoms with van der Waals surface area (Å²) in [4.78, 5) is 29.4. The van der Waals surface area contributed by atoms with Crippen LogP contribution in [-0.4, -0.2) is 22.0 Å². The number of halogens is 1. The monoisotopic (exact) mass is 372 g/mol. The van der Waals surface area contributed by atoms with Crippen LogP contribution < -0.4 is 16.2 Å². The highest BCUT2D eigenvalue weighted by Crippen LogP contribution is 2.24. The maximum Gasteiger partial charge on any atom is 0.262 e. The zero-order chi connectivity index (χ0) is 18.1. The molecule has 6 nitrogen and oxygen atoms in total. The van der Waals surface area contributed by atoms with Gasteiger partial charge in [0.05, 0.1) is 17.4 Å². The van der Waals surface area contributed by atoms with Crippen LogP contribution >= 0.6 is 11.3 Å². The Hall–Kier alpha value is -2.58. The van der Waals surface area contributed by atoms with E-state index in [4.69, 9.17) is 0 Å². The minimum atomic E-state index is -0.365. The van der Waals surface area contributed by atoms with Crippen molar-refractivity contribution < 1.29 is 9.18 Å². The van der Waals surface area contributed by atoms with Crippen LogP contribution in [0.15, 0.2) is 34.7 Å². The van der Waals surface area contributed by atoms with Crippen LogP contribution in [0.4, 0.5) is 10.1 Å². The average Bonchev–Trinajstić information content (AvgIpc) is 3.13.